The van der Waals surface area contributed by atoms with E-state index in [9.17, 15) is 5.11 Å². The molecule has 0 saturated heterocycles. The van der Waals surface area contributed by atoms with Crippen LogP contribution in [0.15, 0.2) is 152 Å². The van der Waals surface area contributed by atoms with Crippen molar-refractivity contribution in [1.82, 2.24) is 0 Å². The Morgan fingerprint density at radius 2 is 0.818 bits per heavy atom. The van der Waals surface area contributed by atoms with Crippen LogP contribution < -0.4 is 0 Å². The molecule has 0 aliphatic heterocycles. The second kappa shape index (κ2) is 9.69. The fraction of sp³-hybridized carbons (Fsp3) is 0.0233. The van der Waals surface area contributed by atoms with Crippen molar-refractivity contribution in [2.75, 3.05) is 0 Å². The lowest BCUT2D eigenvalue weighted by Crippen LogP contribution is -1.91. The molecule has 8 aromatic rings. The topological polar surface area (TPSA) is 20.2 Å². The molecule has 0 radical (unpaired) electrons. The first-order valence-electron chi connectivity index (χ1n) is 15.2. The fourth-order valence-corrected chi connectivity index (χ4v) is 7.02. The Morgan fingerprint density at radius 3 is 1.57 bits per heavy atom. The van der Waals surface area contributed by atoms with Gasteiger partial charge in [-0.1, -0.05) is 103 Å². The van der Waals surface area contributed by atoms with E-state index in [1.807, 2.05) is 12.1 Å². The zero-order valence-electron chi connectivity index (χ0n) is 24.1. The quantitative estimate of drug-likeness (QED) is 0.228. The summed E-state index contributed by atoms with van der Waals surface area (Å²) in [5.74, 6) is 0.294. The van der Waals surface area contributed by atoms with Crippen molar-refractivity contribution in [1.29, 1.82) is 0 Å². The zero-order valence-corrected chi connectivity index (χ0v) is 24.1. The van der Waals surface area contributed by atoms with Gasteiger partial charge in [-0.25, -0.2) is 0 Å². The molecule has 1 nitrogen and oxygen atoms in total. The van der Waals surface area contributed by atoms with Gasteiger partial charge in [-0.2, -0.15) is 0 Å². The van der Waals surface area contributed by atoms with Crippen LogP contribution in [0.2, 0.25) is 0 Å². The van der Waals surface area contributed by atoms with Crippen molar-refractivity contribution in [2.24, 2.45) is 0 Å². The molecule has 0 amide bonds. The maximum atomic E-state index is 10.0. The van der Waals surface area contributed by atoms with Crippen molar-refractivity contribution < 1.29 is 5.11 Å². The third-order valence-electron chi connectivity index (χ3n) is 9.32. The Balaban J connectivity index is 1.25. The molecule has 0 fully saturated rings. The number of aromatic hydroxyl groups is 1. The maximum absolute atomic E-state index is 10.0. The van der Waals surface area contributed by atoms with Crippen molar-refractivity contribution in [3.63, 3.8) is 0 Å². The average molecular weight is 561 g/mol. The summed E-state index contributed by atoms with van der Waals surface area (Å²) in [6.07, 6.45) is 0.906. The van der Waals surface area contributed by atoms with E-state index in [0.29, 0.717) is 5.75 Å². The van der Waals surface area contributed by atoms with Gasteiger partial charge in [0.1, 0.15) is 5.75 Å². The van der Waals surface area contributed by atoms with Gasteiger partial charge in [-0.3, -0.25) is 0 Å². The van der Waals surface area contributed by atoms with E-state index in [4.69, 9.17) is 0 Å². The first-order valence-corrected chi connectivity index (χ1v) is 15.2. The van der Waals surface area contributed by atoms with Crippen molar-refractivity contribution in [2.45, 2.75) is 6.42 Å². The van der Waals surface area contributed by atoms with E-state index >= 15 is 0 Å². The third kappa shape index (κ3) is 4.09. The summed E-state index contributed by atoms with van der Waals surface area (Å²) >= 11 is 0. The second-order valence-electron chi connectivity index (χ2n) is 12.0. The Kier molecular flexibility index (Phi) is 5.48. The molecule has 0 atom stereocenters. The van der Waals surface area contributed by atoms with Gasteiger partial charge in [0.15, 0.2) is 0 Å². The first-order chi connectivity index (χ1) is 21.7. The van der Waals surface area contributed by atoms with E-state index in [1.54, 1.807) is 6.07 Å². The minimum Gasteiger partial charge on any atom is -0.508 e. The number of phenols is 1. The van der Waals surface area contributed by atoms with Crippen LogP contribution in [0.3, 0.4) is 0 Å². The van der Waals surface area contributed by atoms with Crippen LogP contribution in [0.1, 0.15) is 11.1 Å². The Labute approximate surface area is 256 Å². The van der Waals surface area contributed by atoms with E-state index < -0.39 is 0 Å². The Morgan fingerprint density at radius 1 is 0.341 bits per heavy atom. The van der Waals surface area contributed by atoms with Gasteiger partial charge in [0.25, 0.3) is 0 Å². The van der Waals surface area contributed by atoms with Gasteiger partial charge in [0.2, 0.25) is 0 Å². The molecule has 0 saturated carbocycles. The number of phenolic OH excluding ortho intramolecular Hbond substituents is 1. The maximum Gasteiger partial charge on any atom is 0.116 e. The van der Waals surface area contributed by atoms with Crippen LogP contribution in [0.4, 0.5) is 0 Å². The lowest BCUT2D eigenvalue weighted by molar-refractivity contribution is 0.476. The first kappa shape index (κ1) is 24.9. The Hall–Kier alpha value is -5.66. The molecule has 1 aliphatic rings. The lowest BCUT2D eigenvalue weighted by atomic mass is 9.89. The number of rotatable bonds is 3. The highest BCUT2D eigenvalue weighted by molar-refractivity contribution is 5.96. The number of benzene rings is 8. The van der Waals surface area contributed by atoms with Gasteiger partial charge in [-0.05, 0) is 143 Å². The number of fused-ring (bicyclic) bond motifs is 6. The minimum absolute atomic E-state index is 0.294. The summed E-state index contributed by atoms with van der Waals surface area (Å²) in [5, 5.41) is 17.2. The third-order valence-corrected chi connectivity index (χ3v) is 9.32. The summed E-state index contributed by atoms with van der Waals surface area (Å²) < 4.78 is 0. The number of hydrogen-bond donors (Lipinski definition) is 1. The van der Waals surface area contributed by atoms with Gasteiger partial charge >= 0.3 is 0 Å². The van der Waals surface area contributed by atoms with Gasteiger partial charge < -0.3 is 5.11 Å². The molecule has 1 N–H and O–H groups in total. The van der Waals surface area contributed by atoms with Crippen LogP contribution >= 0.6 is 0 Å². The summed E-state index contributed by atoms with van der Waals surface area (Å²) in [6.45, 7) is 0. The van der Waals surface area contributed by atoms with Crippen LogP contribution in [0.5, 0.6) is 5.75 Å². The van der Waals surface area contributed by atoms with Crippen LogP contribution in [-0.2, 0) is 6.42 Å². The summed E-state index contributed by atoms with van der Waals surface area (Å²) in [4.78, 5) is 0. The molecule has 0 heterocycles. The van der Waals surface area contributed by atoms with E-state index in [2.05, 4.69) is 133 Å². The summed E-state index contributed by atoms with van der Waals surface area (Å²) in [6, 6.07) is 54.6. The molecule has 1 aliphatic carbocycles. The van der Waals surface area contributed by atoms with Crippen molar-refractivity contribution >= 4 is 32.3 Å². The van der Waals surface area contributed by atoms with Crippen LogP contribution in [0.25, 0.3) is 76.8 Å². The van der Waals surface area contributed by atoms with Gasteiger partial charge in [0.05, 0.1) is 0 Å². The molecular weight excluding hydrogens is 532 g/mol. The standard InChI is InChI=1S/C43H28O/c44-39-18-17-32-21-36(15-13-34(32)22-39)41-25-38(33-12-10-28-6-2-4-8-30(28)20-33)26-43-40-23-35(14-16-37(40)24-42(41)43)31-11-9-27-5-1-3-7-29(27)19-31/h1-23,25-26,44H,24H2. The molecule has 8 aromatic carbocycles. The van der Waals surface area contributed by atoms with Gasteiger partial charge in [-0.15, -0.1) is 0 Å². The van der Waals surface area contributed by atoms with E-state index in [0.717, 1.165) is 17.2 Å². The molecule has 44 heavy (non-hydrogen) atoms. The van der Waals surface area contributed by atoms with E-state index in [-0.39, 0.29) is 0 Å². The molecule has 206 valence electrons. The summed E-state index contributed by atoms with van der Waals surface area (Å²) in [7, 11) is 0. The normalized spacial score (nSPS) is 12.1. The largest absolute Gasteiger partial charge is 0.508 e. The fourth-order valence-electron chi connectivity index (χ4n) is 7.02. The highest BCUT2D eigenvalue weighted by Crippen LogP contribution is 2.46. The van der Waals surface area contributed by atoms with Crippen LogP contribution in [0, 0.1) is 0 Å². The SMILES string of the molecule is Oc1ccc2cc(-c3cc(-c4ccc5ccccc5c4)cc4c3Cc3ccc(-c5ccc6ccccc6c5)cc3-4)ccc2c1. The highest BCUT2D eigenvalue weighted by atomic mass is 16.3. The van der Waals surface area contributed by atoms with E-state index in [1.165, 1.54) is 77.2 Å². The lowest BCUT2D eigenvalue weighted by Gasteiger charge is -2.15. The molecule has 9 rings (SSSR count). The van der Waals surface area contributed by atoms with Crippen LogP contribution in [-0.4, -0.2) is 5.11 Å². The van der Waals surface area contributed by atoms with Crippen molar-refractivity contribution in [3.8, 4) is 50.3 Å². The molecular formula is C43H28O. The smallest absolute Gasteiger partial charge is 0.116 e. The summed E-state index contributed by atoms with van der Waals surface area (Å²) in [5.41, 5.74) is 12.8. The minimum atomic E-state index is 0.294. The van der Waals surface area contributed by atoms with Gasteiger partial charge in [0, 0.05) is 0 Å². The molecule has 1 heteroatoms. The molecule has 0 unspecified atom stereocenters. The predicted molar refractivity (Wildman–Crippen MR) is 185 cm³/mol. The van der Waals surface area contributed by atoms with Crippen molar-refractivity contribution in [3.05, 3.63) is 163 Å². The Bertz CT molecular complexity index is 2430. The second-order valence-corrected chi connectivity index (χ2v) is 12.0. The molecule has 0 aromatic heterocycles. The zero-order chi connectivity index (χ0) is 29.2. The highest BCUT2D eigenvalue weighted by Gasteiger charge is 2.24. The monoisotopic (exact) mass is 560 g/mol. The number of hydrogen-bond acceptors (Lipinski definition) is 1. The molecule has 0 bridgehead atoms. The average Bonchev–Trinajstić information content (AvgIpc) is 3.45. The predicted octanol–water partition coefficient (Wildman–Crippen LogP) is 11.4. The molecule has 0 spiro atoms.